The quantitative estimate of drug-likeness (QED) is 0.824. The third-order valence-electron chi connectivity index (χ3n) is 4.70. The van der Waals surface area contributed by atoms with E-state index in [2.05, 4.69) is 60.4 Å². The van der Waals surface area contributed by atoms with Crippen molar-refractivity contribution in [2.75, 3.05) is 13.7 Å². The molecular formula is C20H25NO. The largest absolute Gasteiger partial charge is 0.497 e. The van der Waals surface area contributed by atoms with Crippen LogP contribution in [-0.2, 0) is 19.4 Å². The number of fused-ring (bicyclic) bond motifs is 1. The summed E-state index contributed by atoms with van der Waals surface area (Å²) in [5.74, 6) is 0.935. The van der Waals surface area contributed by atoms with Crippen molar-refractivity contribution in [3.05, 3.63) is 65.2 Å². The van der Waals surface area contributed by atoms with E-state index in [0.717, 1.165) is 18.7 Å². The van der Waals surface area contributed by atoms with E-state index in [1.54, 1.807) is 7.11 Å². The van der Waals surface area contributed by atoms with E-state index >= 15 is 0 Å². The maximum atomic E-state index is 5.21. The first-order chi connectivity index (χ1) is 10.8. The van der Waals surface area contributed by atoms with Gasteiger partial charge in [-0.25, -0.2) is 0 Å². The zero-order valence-electron chi connectivity index (χ0n) is 13.6. The first-order valence-electron chi connectivity index (χ1n) is 8.20. The third kappa shape index (κ3) is 3.50. The molecule has 116 valence electrons. The fourth-order valence-electron chi connectivity index (χ4n) is 3.31. The number of nitrogens with zero attached hydrogens (tertiary/aromatic N) is 1. The van der Waals surface area contributed by atoms with Crippen LogP contribution < -0.4 is 4.74 Å². The first kappa shape index (κ1) is 15.1. The molecule has 2 nitrogen and oxygen atoms in total. The van der Waals surface area contributed by atoms with E-state index in [1.165, 1.54) is 36.1 Å². The van der Waals surface area contributed by atoms with E-state index in [-0.39, 0.29) is 0 Å². The van der Waals surface area contributed by atoms with Gasteiger partial charge in [0, 0.05) is 12.6 Å². The fourth-order valence-corrected chi connectivity index (χ4v) is 3.31. The van der Waals surface area contributed by atoms with Crippen LogP contribution >= 0.6 is 0 Å². The summed E-state index contributed by atoms with van der Waals surface area (Å²) >= 11 is 0. The summed E-state index contributed by atoms with van der Waals surface area (Å²) in [6, 6.07) is 18.0. The second kappa shape index (κ2) is 6.97. The molecule has 0 fully saturated rings. The molecule has 1 atom stereocenters. The van der Waals surface area contributed by atoms with Crippen molar-refractivity contribution in [2.45, 2.75) is 38.8 Å². The van der Waals surface area contributed by atoms with Crippen LogP contribution in [-0.4, -0.2) is 24.6 Å². The topological polar surface area (TPSA) is 12.5 Å². The van der Waals surface area contributed by atoms with Crippen molar-refractivity contribution in [2.24, 2.45) is 0 Å². The van der Waals surface area contributed by atoms with Gasteiger partial charge in [0.05, 0.1) is 7.11 Å². The predicted octanol–water partition coefficient (Wildman–Crippen LogP) is 4.07. The molecule has 2 heteroatoms. The van der Waals surface area contributed by atoms with Crippen molar-refractivity contribution in [3.63, 3.8) is 0 Å². The summed E-state index contributed by atoms with van der Waals surface area (Å²) in [6.07, 6.45) is 3.52. The second-order valence-corrected chi connectivity index (χ2v) is 6.24. The minimum Gasteiger partial charge on any atom is -0.497 e. The number of benzene rings is 2. The van der Waals surface area contributed by atoms with Gasteiger partial charge in [0.1, 0.15) is 5.75 Å². The minimum atomic E-state index is 0.644. The third-order valence-corrected chi connectivity index (χ3v) is 4.70. The van der Waals surface area contributed by atoms with Crippen molar-refractivity contribution < 1.29 is 4.74 Å². The Labute approximate surface area is 133 Å². The van der Waals surface area contributed by atoms with Crippen LogP contribution in [0.2, 0.25) is 0 Å². The van der Waals surface area contributed by atoms with Gasteiger partial charge >= 0.3 is 0 Å². The zero-order chi connectivity index (χ0) is 15.4. The van der Waals surface area contributed by atoms with E-state index in [9.17, 15) is 0 Å². The van der Waals surface area contributed by atoms with Crippen molar-refractivity contribution in [1.82, 2.24) is 4.90 Å². The van der Waals surface area contributed by atoms with Crippen LogP contribution in [0, 0.1) is 0 Å². The number of methoxy groups -OCH3 is 1. The summed E-state index contributed by atoms with van der Waals surface area (Å²) in [7, 11) is 1.71. The van der Waals surface area contributed by atoms with Crippen molar-refractivity contribution in [3.8, 4) is 5.75 Å². The molecule has 0 bridgehead atoms. The monoisotopic (exact) mass is 295 g/mol. The normalized spacial score (nSPS) is 18.0. The van der Waals surface area contributed by atoms with Crippen LogP contribution in [0.1, 0.15) is 30.0 Å². The Morgan fingerprint density at radius 3 is 2.50 bits per heavy atom. The molecule has 1 aliphatic rings. The summed E-state index contributed by atoms with van der Waals surface area (Å²) < 4.78 is 5.21. The van der Waals surface area contributed by atoms with Gasteiger partial charge in [-0.3, -0.25) is 4.90 Å². The molecule has 22 heavy (non-hydrogen) atoms. The van der Waals surface area contributed by atoms with Crippen LogP contribution in [0.5, 0.6) is 5.75 Å². The van der Waals surface area contributed by atoms with E-state index in [1.807, 2.05) is 0 Å². The highest BCUT2D eigenvalue weighted by molar-refractivity contribution is 5.30. The fraction of sp³-hybridized carbons (Fsp3) is 0.400. The van der Waals surface area contributed by atoms with Crippen molar-refractivity contribution >= 4 is 0 Å². The maximum Gasteiger partial charge on any atom is 0.118 e. The van der Waals surface area contributed by atoms with Crippen molar-refractivity contribution in [1.29, 1.82) is 0 Å². The molecule has 0 saturated carbocycles. The molecule has 2 aromatic carbocycles. The van der Waals surface area contributed by atoms with Gasteiger partial charge in [-0.15, -0.1) is 0 Å². The van der Waals surface area contributed by atoms with Gasteiger partial charge < -0.3 is 4.74 Å². The summed E-state index contributed by atoms with van der Waals surface area (Å²) in [5, 5.41) is 0. The summed E-state index contributed by atoms with van der Waals surface area (Å²) in [5.41, 5.74) is 4.43. The number of ether oxygens (including phenoxy) is 1. The molecule has 0 saturated heterocycles. The lowest BCUT2D eigenvalue weighted by atomic mass is 9.94. The Morgan fingerprint density at radius 2 is 1.77 bits per heavy atom. The van der Waals surface area contributed by atoms with Gasteiger partial charge in [0.15, 0.2) is 0 Å². The average Bonchev–Trinajstić information content (AvgIpc) is 2.56. The Morgan fingerprint density at radius 1 is 1.05 bits per heavy atom. The van der Waals surface area contributed by atoms with Gasteiger partial charge in [-0.2, -0.15) is 0 Å². The summed E-state index contributed by atoms with van der Waals surface area (Å²) in [4.78, 5) is 2.62. The molecule has 0 spiro atoms. The van der Waals surface area contributed by atoms with Gasteiger partial charge in [0.2, 0.25) is 0 Å². The average molecular weight is 295 g/mol. The zero-order valence-corrected chi connectivity index (χ0v) is 13.6. The highest BCUT2D eigenvalue weighted by Crippen LogP contribution is 2.23. The molecule has 0 radical (unpaired) electrons. The molecule has 2 aromatic rings. The smallest absolute Gasteiger partial charge is 0.118 e. The van der Waals surface area contributed by atoms with Gasteiger partial charge in [0.25, 0.3) is 0 Å². The van der Waals surface area contributed by atoms with E-state index in [4.69, 9.17) is 4.74 Å². The lowest BCUT2D eigenvalue weighted by Crippen LogP contribution is -2.39. The van der Waals surface area contributed by atoms with E-state index < -0.39 is 0 Å². The molecule has 0 N–H and O–H groups in total. The first-order valence-corrected chi connectivity index (χ1v) is 8.20. The second-order valence-electron chi connectivity index (χ2n) is 6.24. The number of hydrogen-bond donors (Lipinski definition) is 0. The maximum absolute atomic E-state index is 5.21. The van der Waals surface area contributed by atoms with E-state index in [0.29, 0.717) is 6.04 Å². The molecular weight excluding hydrogens is 270 g/mol. The molecule has 1 heterocycles. The highest BCUT2D eigenvalue weighted by Gasteiger charge is 2.21. The Hall–Kier alpha value is -1.80. The van der Waals surface area contributed by atoms with Crippen LogP contribution in [0.25, 0.3) is 0 Å². The SMILES string of the molecule is COc1ccc(CCCN2Cc3ccccc3CC2C)cc1. The predicted molar refractivity (Wildman–Crippen MR) is 91.3 cm³/mol. The summed E-state index contributed by atoms with van der Waals surface area (Å²) in [6.45, 7) is 4.62. The molecule has 0 amide bonds. The lowest BCUT2D eigenvalue weighted by Gasteiger charge is -2.34. The van der Waals surface area contributed by atoms with Crippen LogP contribution in [0.4, 0.5) is 0 Å². The molecule has 0 aliphatic carbocycles. The molecule has 1 unspecified atom stereocenters. The van der Waals surface area contributed by atoms with Gasteiger partial charge in [-0.05, 0) is 61.6 Å². The highest BCUT2D eigenvalue weighted by atomic mass is 16.5. The Kier molecular flexibility index (Phi) is 4.79. The molecule has 0 aromatic heterocycles. The number of aryl methyl sites for hydroxylation is 1. The molecule has 1 aliphatic heterocycles. The number of rotatable bonds is 5. The number of hydrogen-bond acceptors (Lipinski definition) is 2. The minimum absolute atomic E-state index is 0.644. The van der Waals surface area contributed by atoms with Crippen LogP contribution in [0.15, 0.2) is 48.5 Å². The molecule has 3 rings (SSSR count). The lowest BCUT2D eigenvalue weighted by molar-refractivity contribution is 0.182. The Balaban J connectivity index is 1.53. The van der Waals surface area contributed by atoms with Gasteiger partial charge in [-0.1, -0.05) is 36.4 Å². The van der Waals surface area contributed by atoms with Crippen LogP contribution in [0.3, 0.4) is 0 Å². The standard InChI is InChI=1S/C20H25NO/c1-16-14-18-7-3-4-8-19(18)15-21(16)13-5-6-17-9-11-20(22-2)12-10-17/h3-4,7-12,16H,5-6,13-15H2,1-2H3. The Bertz CT molecular complexity index is 605.